The Morgan fingerprint density at radius 1 is 1.07 bits per heavy atom. The molecule has 0 aliphatic heterocycles. The molecule has 0 aromatic carbocycles. The molecule has 0 bridgehead atoms. The van der Waals surface area contributed by atoms with Crippen LogP contribution >= 0.6 is 15.9 Å². The molecular weight excluding hydrogens is 238 g/mol. The minimum absolute atomic E-state index is 0.894. The van der Waals surface area contributed by atoms with E-state index in [0.717, 1.165) is 11.2 Å². The second-order valence-corrected chi connectivity index (χ2v) is 4.82. The van der Waals surface area contributed by atoms with Crippen molar-refractivity contribution in [2.45, 2.75) is 46.5 Å². The number of rotatable bonds is 9. The van der Waals surface area contributed by atoms with Gasteiger partial charge in [0.25, 0.3) is 0 Å². The lowest BCUT2D eigenvalue weighted by Crippen LogP contribution is -2.31. The molecule has 1 nitrogen and oxygen atoms in total. The van der Waals surface area contributed by atoms with Crippen molar-refractivity contribution in [3.63, 3.8) is 0 Å². The Balaban J connectivity index is 3.80. The third-order valence-corrected chi connectivity index (χ3v) is 3.25. The van der Waals surface area contributed by atoms with E-state index in [1.54, 1.807) is 0 Å². The largest absolute Gasteiger partial charge is 0.302 e. The summed E-state index contributed by atoms with van der Waals surface area (Å²) in [6, 6.07) is 0. The number of alkyl halides is 1. The van der Waals surface area contributed by atoms with Gasteiger partial charge in [-0.2, -0.15) is 0 Å². The first-order valence-electron chi connectivity index (χ1n) is 6.06. The van der Waals surface area contributed by atoms with E-state index < -0.39 is 0 Å². The Morgan fingerprint density at radius 2 is 1.71 bits per heavy atom. The smallest absolute Gasteiger partial charge is 0.0159 e. The zero-order chi connectivity index (χ0) is 10.8. The summed E-state index contributed by atoms with van der Waals surface area (Å²) < 4.78 is 0. The molecule has 0 aliphatic carbocycles. The molecule has 0 unspecified atom stereocenters. The van der Waals surface area contributed by atoms with Crippen molar-refractivity contribution < 1.29 is 0 Å². The van der Waals surface area contributed by atoms with Crippen molar-refractivity contribution in [1.29, 1.82) is 0 Å². The van der Waals surface area contributed by atoms with Crippen molar-refractivity contribution in [3.05, 3.63) is 0 Å². The molecular formula is C12H26BrN. The molecule has 0 radical (unpaired) electrons. The number of hydrogen-bond donors (Lipinski definition) is 0. The van der Waals surface area contributed by atoms with Gasteiger partial charge in [-0.25, -0.2) is 0 Å². The van der Waals surface area contributed by atoms with Crippen molar-refractivity contribution >= 4 is 15.9 Å². The predicted octanol–water partition coefficient (Wildman–Crippen LogP) is 3.92. The predicted molar refractivity (Wildman–Crippen MR) is 69.2 cm³/mol. The van der Waals surface area contributed by atoms with E-state index in [2.05, 4.69) is 41.6 Å². The van der Waals surface area contributed by atoms with E-state index in [0.29, 0.717) is 0 Å². The molecule has 0 amide bonds. The highest BCUT2D eigenvalue weighted by atomic mass is 79.9. The van der Waals surface area contributed by atoms with Crippen LogP contribution in [0.2, 0.25) is 0 Å². The van der Waals surface area contributed by atoms with Gasteiger partial charge in [-0.15, -0.1) is 0 Å². The Labute approximate surface area is 98.4 Å². The molecule has 0 N–H and O–H groups in total. The molecule has 14 heavy (non-hydrogen) atoms. The Bertz CT molecular complexity index is 113. The molecule has 0 heterocycles. The van der Waals surface area contributed by atoms with Gasteiger partial charge in [0.2, 0.25) is 0 Å². The van der Waals surface area contributed by atoms with Gasteiger partial charge in [-0.3, -0.25) is 0 Å². The minimum atomic E-state index is 0.894. The fraction of sp³-hybridized carbons (Fsp3) is 1.00. The summed E-state index contributed by atoms with van der Waals surface area (Å²) in [5.41, 5.74) is 0. The fourth-order valence-corrected chi connectivity index (χ4v) is 2.21. The van der Waals surface area contributed by atoms with Crippen LogP contribution in [0.5, 0.6) is 0 Å². The fourth-order valence-electron chi connectivity index (χ4n) is 1.71. The van der Waals surface area contributed by atoms with Crippen molar-refractivity contribution in [2.24, 2.45) is 5.92 Å². The zero-order valence-corrected chi connectivity index (χ0v) is 11.6. The normalized spacial score (nSPS) is 11.6. The van der Waals surface area contributed by atoms with Gasteiger partial charge >= 0.3 is 0 Å². The maximum atomic E-state index is 3.53. The molecule has 2 heteroatoms. The first-order valence-corrected chi connectivity index (χ1v) is 7.18. The average molecular weight is 264 g/mol. The van der Waals surface area contributed by atoms with Crippen LogP contribution in [0, 0.1) is 5.92 Å². The van der Waals surface area contributed by atoms with Gasteiger partial charge in [0.15, 0.2) is 0 Å². The Kier molecular flexibility index (Phi) is 10.3. The van der Waals surface area contributed by atoms with Crippen LogP contribution in [0.3, 0.4) is 0 Å². The Morgan fingerprint density at radius 3 is 2.14 bits per heavy atom. The first kappa shape index (κ1) is 14.4. The van der Waals surface area contributed by atoms with Crippen molar-refractivity contribution in [1.82, 2.24) is 4.90 Å². The molecule has 0 rings (SSSR count). The number of unbranched alkanes of at least 4 members (excludes halogenated alkanes) is 1. The van der Waals surface area contributed by atoms with Crippen molar-refractivity contribution in [2.75, 3.05) is 25.0 Å². The van der Waals surface area contributed by atoms with Crippen LogP contribution < -0.4 is 0 Å². The quantitative estimate of drug-likeness (QED) is 0.570. The van der Waals surface area contributed by atoms with E-state index in [1.165, 1.54) is 45.3 Å². The molecule has 0 aromatic rings. The Hall–Kier alpha value is 0.440. The van der Waals surface area contributed by atoms with Crippen LogP contribution in [0.1, 0.15) is 46.5 Å². The standard InChI is InChI=1S/C12H26BrN/c1-4-7-9-14(10-8-13)11-12(5-2)6-3/h12H,4-11H2,1-3H3. The van der Waals surface area contributed by atoms with E-state index >= 15 is 0 Å². The zero-order valence-electron chi connectivity index (χ0n) is 10.1. The molecule has 0 aliphatic rings. The topological polar surface area (TPSA) is 3.24 Å². The monoisotopic (exact) mass is 263 g/mol. The number of halogens is 1. The van der Waals surface area contributed by atoms with E-state index in [-0.39, 0.29) is 0 Å². The molecule has 0 fully saturated rings. The van der Waals surface area contributed by atoms with Crippen molar-refractivity contribution in [3.8, 4) is 0 Å². The summed E-state index contributed by atoms with van der Waals surface area (Å²) in [4.78, 5) is 2.61. The summed E-state index contributed by atoms with van der Waals surface area (Å²) in [5, 5.41) is 1.11. The maximum absolute atomic E-state index is 3.53. The van der Waals surface area contributed by atoms with Gasteiger partial charge in [-0.05, 0) is 18.9 Å². The summed E-state index contributed by atoms with van der Waals surface area (Å²) in [7, 11) is 0. The highest BCUT2D eigenvalue weighted by Gasteiger charge is 2.09. The summed E-state index contributed by atoms with van der Waals surface area (Å²) in [6.07, 6.45) is 5.29. The summed E-state index contributed by atoms with van der Waals surface area (Å²) >= 11 is 3.53. The summed E-state index contributed by atoms with van der Waals surface area (Å²) in [5.74, 6) is 0.894. The molecule has 0 saturated heterocycles. The molecule has 86 valence electrons. The maximum Gasteiger partial charge on any atom is 0.0159 e. The lowest BCUT2D eigenvalue weighted by molar-refractivity contribution is 0.233. The molecule has 0 saturated carbocycles. The average Bonchev–Trinajstić information content (AvgIpc) is 2.22. The van der Waals surface area contributed by atoms with Gasteiger partial charge in [0.05, 0.1) is 0 Å². The lowest BCUT2D eigenvalue weighted by atomic mass is 10.0. The van der Waals surface area contributed by atoms with E-state index in [9.17, 15) is 0 Å². The molecule has 0 atom stereocenters. The third kappa shape index (κ3) is 6.83. The third-order valence-electron chi connectivity index (χ3n) is 2.90. The second-order valence-electron chi connectivity index (χ2n) is 4.03. The minimum Gasteiger partial charge on any atom is -0.302 e. The van der Waals surface area contributed by atoms with E-state index in [1.807, 2.05) is 0 Å². The molecule has 0 aromatic heterocycles. The van der Waals surface area contributed by atoms with Gasteiger partial charge in [0.1, 0.15) is 0 Å². The second kappa shape index (κ2) is 9.97. The van der Waals surface area contributed by atoms with Crippen LogP contribution in [0.25, 0.3) is 0 Å². The van der Waals surface area contributed by atoms with Crippen LogP contribution in [0.4, 0.5) is 0 Å². The van der Waals surface area contributed by atoms with Gasteiger partial charge in [0, 0.05) is 18.4 Å². The summed E-state index contributed by atoms with van der Waals surface area (Å²) in [6.45, 7) is 10.7. The number of nitrogens with zero attached hydrogens (tertiary/aromatic N) is 1. The van der Waals surface area contributed by atoms with Crippen LogP contribution in [0.15, 0.2) is 0 Å². The van der Waals surface area contributed by atoms with Gasteiger partial charge in [-0.1, -0.05) is 56.0 Å². The highest BCUT2D eigenvalue weighted by molar-refractivity contribution is 9.09. The first-order chi connectivity index (χ1) is 6.78. The molecule has 0 spiro atoms. The van der Waals surface area contributed by atoms with Crippen LogP contribution in [-0.4, -0.2) is 29.9 Å². The SMILES string of the molecule is CCCCN(CCBr)CC(CC)CC. The number of hydrogen-bond acceptors (Lipinski definition) is 1. The van der Waals surface area contributed by atoms with E-state index in [4.69, 9.17) is 0 Å². The van der Waals surface area contributed by atoms with Gasteiger partial charge < -0.3 is 4.90 Å². The van der Waals surface area contributed by atoms with Crippen LogP contribution in [-0.2, 0) is 0 Å². The highest BCUT2D eigenvalue weighted by Crippen LogP contribution is 2.10. The lowest BCUT2D eigenvalue weighted by Gasteiger charge is -2.25.